The topological polar surface area (TPSA) is 71.1 Å². The molecular formula is C13H15N3O2S. The summed E-state index contributed by atoms with van der Waals surface area (Å²) in [5, 5.41) is 2.94. The van der Waals surface area contributed by atoms with Crippen LogP contribution in [-0.4, -0.2) is 20.4 Å². The minimum Gasteiger partial charge on any atom is -0.388 e. The third-order valence-electron chi connectivity index (χ3n) is 2.74. The molecule has 0 aliphatic heterocycles. The summed E-state index contributed by atoms with van der Waals surface area (Å²) in [5.74, 6) is 0. The van der Waals surface area contributed by atoms with Crippen molar-refractivity contribution in [2.75, 3.05) is 17.1 Å². The van der Waals surface area contributed by atoms with Gasteiger partial charge >= 0.3 is 0 Å². The molecule has 2 aromatic rings. The molecule has 2 rings (SSSR count). The molecule has 5 nitrogen and oxygen atoms in total. The summed E-state index contributed by atoms with van der Waals surface area (Å²) in [7, 11) is -1.80. The first-order valence-corrected chi connectivity index (χ1v) is 7.22. The van der Waals surface area contributed by atoms with Crippen LogP contribution in [0.3, 0.4) is 0 Å². The van der Waals surface area contributed by atoms with E-state index in [9.17, 15) is 8.42 Å². The Labute approximate surface area is 112 Å². The summed E-state index contributed by atoms with van der Waals surface area (Å²) in [4.78, 5) is 4.13. The van der Waals surface area contributed by atoms with Gasteiger partial charge in [-0.05, 0) is 42.8 Å². The van der Waals surface area contributed by atoms with Crippen LogP contribution < -0.4 is 10.0 Å². The van der Waals surface area contributed by atoms with Crippen LogP contribution in [0, 0.1) is 6.92 Å². The Bertz CT molecular complexity index is 667. The van der Waals surface area contributed by atoms with Gasteiger partial charge in [0.1, 0.15) is 0 Å². The molecule has 2 N–H and O–H groups in total. The maximum absolute atomic E-state index is 12.2. The third-order valence-corrected chi connectivity index (χ3v) is 4.12. The molecule has 0 saturated heterocycles. The number of sulfonamides is 1. The van der Waals surface area contributed by atoms with E-state index in [0.29, 0.717) is 5.69 Å². The van der Waals surface area contributed by atoms with Crippen LogP contribution in [0.5, 0.6) is 0 Å². The number of nitrogens with one attached hydrogen (secondary N) is 2. The van der Waals surface area contributed by atoms with E-state index < -0.39 is 10.0 Å². The first-order valence-electron chi connectivity index (χ1n) is 5.74. The number of anilines is 2. The van der Waals surface area contributed by atoms with Crippen molar-refractivity contribution in [3.63, 3.8) is 0 Å². The highest BCUT2D eigenvalue weighted by atomic mass is 32.2. The van der Waals surface area contributed by atoms with Gasteiger partial charge in [-0.3, -0.25) is 9.71 Å². The zero-order valence-corrected chi connectivity index (χ0v) is 11.5. The van der Waals surface area contributed by atoms with E-state index in [-0.39, 0.29) is 4.90 Å². The number of nitrogens with zero attached hydrogens (tertiary/aromatic N) is 1. The van der Waals surface area contributed by atoms with Crippen LogP contribution in [0.2, 0.25) is 0 Å². The molecule has 0 fully saturated rings. The van der Waals surface area contributed by atoms with Gasteiger partial charge < -0.3 is 5.32 Å². The molecule has 0 atom stereocenters. The lowest BCUT2D eigenvalue weighted by Gasteiger charge is -2.10. The fourth-order valence-corrected chi connectivity index (χ4v) is 2.69. The summed E-state index contributed by atoms with van der Waals surface area (Å²) in [6.07, 6.45) is 3.11. The second-order valence-corrected chi connectivity index (χ2v) is 5.75. The molecule has 0 aliphatic carbocycles. The summed E-state index contributed by atoms with van der Waals surface area (Å²) >= 11 is 0. The lowest BCUT2D eigenvalue weighted by Crippen LogP contribution is -2.13. The number of rotatable bonds is 4. The summed E-state index contributed by atoms with van der Waals surface area (Å²) in [6, 6.07) is 8.29. The molecule has 0 amide bonds. The van der Waals surface area contributed by atoms with E-state index in [1.807, 2.05) is 6.92 Å². The lowest BCUT2D eigenvalue weighted by molar-refractivity contribution is 0.601. The van der Waals surface area contributed by atoms with Crippen molar-refractivity contribution in [2.24, 2.45) is 0 Å². The predicted molar refractivity (Wildman–Crippen MR) is 75.8 cm³/mol. The van der Waals surface area contributed by atoms with Crippen molar-refractivity contribution in [3.05, 3.63) is 48.3 Å². The highest BCUT2D eigenvalue weighted by molar-refractivity contribution is 7.92. The van der Waals surface area contributed by atoms with Crippen molar-refractivity contribution in [1.82, 2.24) is 4.98 Å². The molecule has 0 unspecified atom stereocenters. The van der Waals surface area contributed by atoms with Crippen molar-refractivity contribution >= 4 is 21.4 Å². The van der Waals surface area contributed by atoms with Crippen LogP contribution >= 0.6 is 0 Å². The van der Waals surface area contributed by atoms with Gasteiger partial charge in [0.2, 0.25) is 0 Å². The van der Waals surface area contributed by atoms with Crippen LogP contribution in [0.15, 0.2) is 47.6 Å². The number of aromatic nitrogens is 1. The van der Waals surface area contributed by atoms with Gasteiger partial charge in [0, 0.05) is 18.9 Å². The molecule has 0 saturated carbocycles. The molecule has 100 valence electrons. The van der Waals surface area contributed by atoms with Gasteiger partial charge in [0.15, 0.2) is 0 Å². The fourth-order valence-electron chi connectivity index (χ4n) is 1.58. The van der Waals surface area contributed by atoms with Crippen LogP contribution in [-0.2, 0) is 10.0 Å². The number of benzene rings is 1. The first-order chi connectivity index (χ1) is 9.03. The van der Waals surface area contributed by atoms with E-state index in [2.05, 4.69) is 15.0 Å². The van der Waals surface area contributed by atoms with Gasteiger partial charge in [-0.2, -0.15) is 0 Å². The molecule has 6 heteroatoms. The number of hydrogen-bond acceptors (Lipinski definition) is 4. The minimum atomic E-state index is -3.58. The highest BCUT2D eigenvalue weighted by Crippen LogP contribution is 2.19. The van der Waals surface area contributed by atoms with E-state index >= 15 is 0 Å². The maximum Gasteiger partial charge on any atom is 0.261 e. The van der Waals surface area contributed by atoms with Gasteiger partial charge in [-0.15, -0.1) is 0 Å². The summed E-state index contributed by atoms with van der Waals surface area (Å²) in [5.41, 5.74) is 2.17. The Morgan fingerprint density at radius 3 is 2.37 bits per heavy atom. The zero-order chi connectivity index (χ0) is 13.9. The normalized spacial score (nSPS) is 11.1. The molecule has 0 radical (unpaired) electrons. The summed E-state index contributed by atoms with van der Waals surface area (Å²) in [6.45, 7) is 1.82. The molecule has 0 bridgehead atoms. The maximum atomic E-state index is 12.2. The number of hydrogen-bond donors (Lipinski definition) is 2. The van der Waals surface area contributed by atoms with Gasteiger partial charge in [0.25, 0.3) is 10.0 Å². The summed E-state index contributed by atoms with van der Waals surface area (Å²) < 4.78 is 26.9. The van der Waals surface area contributed by atoms with Crippen molar-refractivity contribution < 1.29 is 8.42 Å². The molecular weight excluding hydrogens is 262 g/mol. The second kappa shape index (κ2) is 5.27. The van der Waals surface area contributed by atoms with Crippen molar-refractivity contribution in [3.8, 4) is 0 Å². The Hall–Kier alpha value is -2.08. The molecule has 0 spiro atoms. The van der Waals surface area contributed by atoms with Crippen LogP contribution in [0.25, 0.3) is 0 Å². The Balaban J connectivity index is 2.30. The smallest absolute Gasteiger partial charge is 0.261 e. The average Bonchev–Trinajstić information content (AvgIpc) is 2.41. The van der Waals surface area contributed by atoms with Gasteiger partial charge in [-0.25, -0.2) is 8.42 Å². The van der Waals surface area contributed by atoms with Crippen LogP contribution in [0.1, 0.15) is 5.56 Å². The van der Waals surface area contributed by atoms with Crippen molar-refractivity contribution in [1.29, 1.82) is 0 Å². The highest BCUT2D eigenvalue weighted by Gasteiger charge is 2.14. The molecule has 19 heavy (non-hydrogen) atoms. The largest absolute Gasteiger partial charge is 0.388 e. The Kier molecular flexibility index (Phi) is 3.71. The Morgan fingerprint density at radius 2 is 1.79 bits per heavy atom. The van der Waals surface area contributed by atoms with E-state index in [4.69, 9.17) is 0 Å². The number of aryl methyl sites for hydroxylation is 1. The quantitative estimate of drug-likeness (QED) is 0.899. The molecule has 0 aliphatic rings. The van der Waals surface area contributed by atoms with Crippen LogP contribution in [0.4, 0.5) is 11.4 Å². The second-order valence-electron chi connectivity index (χ2n) is 4.07. The standard InChI is InChI=1S/C13H15N3O2S/c1-10-7-8-15-9-13(10)16-19(17,18)12-5-3-11(14-2)4-6-12/h3-9,14,16H,1-2H3. The van der Waals surface area contributed by atoms with E-state index in [1.54, 1.807) is 43.6 Å². The first kappa shape index (κ1) is 13.4. The fraction of sp³-hybridized carbons (Fsp3) is 0.154. The van der Waals surface area contributed by atoms with E-state index in [0.717, 1.165) is 11.3 Å². The molecule has 1 aromatic carbocycles. The Morgan fingerprint density at radius 1 is 1.11 bits per heavy atom. The zero-order valence-electron chi connectivity index (χ0n) is 10.7. The van der Waals surface area contributed by atoms with E-state index in [1.165, 1.54) is 6.20 Å². The monoisotopic (exact) mass is 277 g/mol. The third kappa shape index (κ3) is 3.03. The van der Waals surface area contributed by atoms with Crippen molar-refractivity contribution in [2.45, 2.75) is 11.8 Å². The van der Waals surface area contributed by atoms with Gasteiger partial charge in [-0.1, -0.05) is 0 Å². The molecule has 1 heterocycles. The predicted octanol–water partition coefficient (Wildman–Crippen LogP) is 2.23. The minimum absolute atomic E-state index is 0.217. The lowest BCUT2D eigenvalue weighted by atomic mass is 10.3. The van der Waals surface area contributed by atoms with Gasteiger partial charge in [0.05, 0.1) is 16.8 Å². The molecule has 1 aromatic heterocycles. The number of pyridine rings is 1. The SMILES string of the molecule is CNc1ccc(S(=O)(=O)Nc2cnccc2C)cc1. The average molecular weight is 277 g/mol.